The van der Waals surface area contributed by atoms with E-state index in [9.17, 15) is 9.59 Å². The molecule has 1 N–H and O–H groups in total. The summed E-state index contributed by atoms with van der Waals surface area (Å²) >= 11 is 0. The van der Waals surface area contributed by atoms with Crippen LogP contribution in [0.25, 0.3) is 0 Å². The molecule has 0 aromatic heterocycles. The zero-order chi connectivity index (χ0) is 15.4. The number of carboxylic acid groups (broad SMARTS) is 1. The molecule has 2 atom stereocenters. The first-order valence-electron chi connectivity index (χ1n) is 6.80. The van der Waals surface area contributed by atoms with Gasteiger partial charge in [0.2, 0.25) is 5.91 Å². The first-order chi connectivity index (χ1) is 10.0. The van der Waals surface area contributed by atoms with Gasteiger partial charge >= 0.3 is 5.97 Å². The lowest BCUT2D eigenvalue weighted by molar-refractivity contribution is -0.159. The number of aliphatic carboxylic acids is 1. The zero-order valence-electron chi connectivity index (χ0n) is 12.1. The number of hydrogen-bond acceptors (Lipinski definition) is 4. The van der Waals surface area contributed by atoms with Crippen LogP contribution in [0.5, 0.6) is 5.75 Å². The van der Waals surface area contributed by atoms with Crippen molar-refractivity contribution in [3.8, 4) is 5.75 Å². The number of rotatable bonds is 4. The lowest BCUT2D eigenvalue weighted by atomic mass is 9.99. The van der Waals surface area contributed by atoms with Gasteiger partial charge in [0.15, 0.2) is 6.10 Å². The summed E-state index contributed by atoms with van der Waals surface area (Å²) in [6.07, 6.45) is -0.939. The van der Waals surface area contributed by atoms with E-state index in [4.69, 9.17) is 14.6 Å². The smallest absolute Gasteiger partial charge is 0.334 e. The second-order valence-corrected chi connectivity index (χ2v) is 4.98. The Kier molecular flexibility index (Phi) is 4.80. The highest BCUT2D eigenvalue weighted by molar-refractivity contribution is 5.84. The van der Waals surface area contributed by atoms with Gasteiger partial charge in [-0.25, -0.2) is 4.79 Å². The normalized spacial score (nSPS) is 19.9. The molecule has 0 saturated carbocycles. The molecule has 1 amide bonds. The fourth-order valence-corrected chi connectivity index (χ4v) is 2.31. The van der Waals surface area contributed by atoms with Gasteiger partial charge in [-0.05, 0) is 24.6 Å². The average Bonchev–Trinajstić information content (AvgIpc) is 2.53. The maximum absolute atomic E-state index is 12.5. The van der Waals surface area contributed by atoms with Crippen LogP contribution in [0.2, 0.25) is 0 Å². The fraction of sp³-hybridized carbons (Fsp3) is 0.467. The van der Waals surface area contributed by atoms with Crippen LogP contribution < -0.4 is 4.74 Å². The van der Waals surface area contributed by atoms with Gasteiger partial charge in [-0.15, -0.1) is 0 Å². The predicted octanol–water partition coefficient (Wildman–Crippen LogP) is 1.11. The zero-order valence-corrected chi connectivity index (χ0v) is 12.1. The highest BCUT2D eigenvalue weighted by Gasteiger charge is 2.31. The molecule has 1 aromatic rings. The molecule has 1 aliphatic rings. The topological polar surface area (TPSA) is 76.1 Å². The number of benzene rings is 1. The van der Waals surface area contributed by atoms with E-state index >= 15 is 0 Å². The number of methoxy groups -OCH3 is 1. The Hall–Kier alpha value is -2.08. The van der Waals surface area contributed by atoms with Crippen LogP contribution in [0.15, 0.2) is 24.3 Å². The van der Waals surface area contributed by atoms with Gasteiger partial charge in [-0.2, -0.15) is 0 Å². The van der Waals surface area contributed by atoms with Crippen molar-refractivity contribution in [3.63, 3.8) is 0 Å². The van der Waals surface area contributed by atoms with Crippen LogP contribution in [0.4, 0.5) is 0 Å². The fourth-order valence-electron chi connectivity index (χ4n) is 2.31. The van der Waals surface area contributed by atoms with Gasteiger partial charge in [0.25, 0.3) is 0 Å². The van der Waals surface area contributed by atoms with Gasteiger partial charge in [-0.1, -0.05) is 12.1 Å². The van der Waals surface area contributed by atoms with Gasteiger partial charge in [0, 0.05) is 6.54 Å². The van der Waals surface area contributed by atoms with Gasteiger partial charge < -0.3 is 19.5 Å². The summed E-state index contributed by atoms with van der Waals surface area (Å²) in [4.78, 5) is 25.0. The summed E-state index contributed by atoms with van der Waals surface area (Å²) in [6.45, 7) is 2.57. The molecular weight excluding hydrogens is 274 g/mol. The first kappa shape index (κ1) is 15.3. The van der Waals surface area contributed by atoms with E-state index in [-0.39, 0.29) is 25.0 Å². The molecule has 21 heavy (non-hydrogen) atoms. The van der Waals surface area contributed by atoms with Crippen molar-refractivity contribution < 1.29 is 24.2 Å². The second-order valence-electron chi connectivity index (χ2n) is 4.98. The van der Waals surface area contributed by atoms with Crippen LogP contribution in [0, 0.1) is 0 Å². The molecule has 1 fully saturated rings. The van der Waals surface area contributed by atoms with Gasteiger partial charge in [0.05, 0.1) is 26.2 Å². The Morgan fingerprint density at radius 1 is 1.38 bits per heavy atom. The number of amides is 1. The van der Waals surface area contributed by atoms with Crippen molar-refractivity contribution in [1.82, 2.24) is 4.90 Å². The maximum atomic E-state index is 12.5. The van der Waals surface area contributed by atoms with E-state index in [1.54, 1.807) is 24.1 Å². The number of hydrogen-bond donors (Lipinski definition) is 1. The Morgan fingerprint density at radius 3 is 2.62 bits per heavy atom. The molecule has 1 aliphatic heterocycles. The first-order valence-corrected chi connectivity index (χ1v) is 6.80. The Bertz CT molecular complexity index is 513. The minimum atomic E-state index is -1.04. The second kappa shape index (κ2) is 6.58. The Labute approximate surface area is 123 Å². The predicted molar refractivity (Wildman–Crippen MR) is 75.4 cm³/mol. The summed E-state index contributed by atoms with van der Waals surface area (Å²) in [5.74, 6) is -0.724. The molecule has 0 aliphatic carbocycles. The maximum Gasteiger partial charge on any atom is 0.334 e. The number of carbonyl (C=O) groups is 2. The van der Waals surface area contributed by atoms with Crippen LogP contribution in [0.1, 0.15) is 18.4 Å². The third-order valence-corrected chi connectivity index (χ3v) is 3.64. The minimum absolute atomic E-state index is 0.0882. The van der Waals surface area contributed by atoms with Crippen LogP contribution in [0.3, 0.4) is 0 Å². The van der Waals surface area contributed by atoms with Crippen molar-refractivity contribution in [2.45, 2.75) is 18.9 Å². The molecular formula is C15H19NO5. The molecule has 2 rings (SSSR count). The lowest BCUT2D eigenvalue weighted by Crippen LogP contribution is -2.49. The summed E-state index contributed by atoms with van der Waals surface area (Å²) in [7, 11) is 1.59. The standard InChI is InChI=1S/C15H19NO5/c1-10(11-3-5-12(20-2)6-4-11)14(17)16-7-8-21-13(9-16)15(18)19/h3-6,10,13H,7-9H2,1-2H3,(H,18,19)/t10-,13-/m1/s1. The molecule has 1 aromatic carbocycles. The molecule has 0 radical (unpaired) electrons. The van der Waals surface area contributed by atoms with Crippen LogP contribution in [-0.4, -0.2) is 54.8 Å². The van der Waals surface area contributed by atoms with E-state index in [1.807, 2.05) is 19.1 Å². The highest BCUT2D eigenvalue weighted by Crippen LogP contribution is 2.22. The minimum Gasteiger partial charge on any atom is -0.497 e. The van der Waals surface area contributed by atoms with E-state index < -0.39 is 12.1 Å². The average molecular weight is 293 g/mol. The number of carbonyl (C=O) groups excluding carboxylic acids is 1. The van der Waals surface area contributed by atoms with Crippen molar-refractivity contribution in [3.05, 3.63) is 29.8 Å². The Morgan fingerprint density at radius 2 is 2.05 bits per heavy atom. The molecule has 1 heterocycles. The molecule has 1 saturated heterocycles. The molecule has 6 heteroatoms. The quantitative estimate of drug-likeness (QED) is 0.900. The van der Waals surface area contributed by atoms with Crippen molar-refractivity contribution in [1.29, 1.82) is 0 Å². The summed E-state index contributed by atoms with van der Waals surface area (Å²) in [5.41, 5.74) is 0.874. The highest BCUT2D eigenvalue weighted by atomic mass is 16.5. The summed E-state index contributed by atoms with van der Waals surface area (Å²) < 4.78 is 10.2. The number of morpholine rings is 1. The van der Waals surface area contributed by atoms with Crippen LogP contribution in [-0.2, 0) is 14.3 Å². The Balaban J connectivity index is 2.05. The summed E-state index contributed by atoms with van der Waals surface area (Å²) in [6, 6.07) is 7.30. The van der Waals surface area contributed by atoms with E-state index in [2.05, 4.69) is 0 Å². The van der Waals surface area contributed by atoms with Crippen molar-refractivity contribution in [2.24, 2.45) is 0 Å². The van der Waals surface area contributed by atoms with Crippen molar-refractivity contribution in [2.75, 3.05) is 26.8 Å². The number of carboxylic acids is 1. The van der Waals surface area contributed by atoms with E-state index in [1.165, 1.54) is 0 Å². The molecule has 114 valence electrons. The SMILES string of the molecule is COc1ccc([C@@H](C)C(=O)N2CCO[C@@H](C(=O)O)C2)cc1. The van der Waals surface area contributed by atoms with E-state index in [0.717, 1.165) is 11.3 Å². The molecule has 0 spiro atoms. The number of nitrogens with zero attached hydrogens (tertiary/aromatic N) is 1. The summed E-state index contributed by atoms with van der Waals surface area (Å²) in [5, 5.41) is 8.97. The molecule has 0 unspecified atom stereocenters. The monoisotopic (exact) mass is 293 g/mol. The van der Waals surface area contributed by atoms with Gasteiger partial charge in [0.1, 0.15) is 5.75 Å². The van der Waals surface area contributed by atoms with E-state index in [0.29, 0.717) is 6.54 Å². The molecule has 6 nitrogen and oxygen atoms in total. The largest absolute Gasteiger partial charge is 0.497 e. The molecule has 0 bridgehead atoms. The van der Waals surface area contributed by atoms with Gasteiger partial charge in [-0.3, -0.25) is 4.79 Å². The van der Waals surface area contributed by atoms with Crippen molar-refractivity contribution >= 4 is 11.9 Å². The number of ether oxygens (including phenoxy) is 2. The third-order valence-electron chi connectivity index (χ3n) is 3.64. The third kappa shape index (κ3) is 3.52. The van der Waals surface area contributed by atoms with Crippen LogP contribution >= 0.6 is 0 Å². The lowest BCUT2D eigenvalue weighted by Gasteiger charge is -2.32.